The molecule has 0 spiro atoms. The van der Waals surface area contributed by atoms with Crippen LogP contribution in [0.3, 0.4) is 0 Å². The Kier molecular flexibility index (Phi) is 5.42. The number of hydrogen-bond donors (Lipinski definition) is 2. The Bertz CT molecular complexity index is 986. The van der Waals surface area contributed by atoms with Crippen LogP contribution < -0.4 is 5.32 Å². The van der Waals surface area contributed by atoms with Gasteiger partial charge in [0.1, 0.15) is 5.69 Å². The molecule has 1 saturated heterocycles. The summed E-state index contributed by atoms with van der Waals surface area (Å²) in [5.74, 6) is 0.434. The quantitative estimate of drug-likeness (QED) is 0.598. The summed E-state index contributed by atoms with van der Waals surface area (Å²) < 4.78 is 0. The highest BCUT2D eigenvalue weighted by atomic mass is 35.5. The highest BCUT2D eigenvalue weighted by molar-refractivity contribution is 6.31. The van der Waals surface area contributed by atoms with Crippen molar-refractivity contribution in [3.8, 4) is 0 Å². The Morgan fingerprint density at radius 3 is 2.64 bits per heavy atom. The molecule has 0 aliphatic carbocycles. The molecule has 0 bridgehead atoms. The van der Waals surface area contributed by atoms with Gasteiger partial charge in [0.15, 0.2) is 0 Å². The molecular weight excluding hydrogens is 370 g/mol. The molecule has 3 aromatic rings. The number of nitrogens with one attached hydrogen (secondary N) is 2. The zero-order valence-electron chi connectivity index (χ0n) is 16.3. The number of amides is 1. The summed E-state index contributed by atoms with van der Waals surface area (Å²) in [6.07, 6.45) is 2.38. The lowest BCUT2D eigenvalue weighted by molar-refractivity contribution is 0.102. The van der Waals surface area contributed by atoms with E-state index in [1.54, 1.807) is 12.1 Å². The molecule has 0 unspecified atom stereocenters. The Balaban J connectivity index is 1.49. The highest BCUT2D eigenvalue weighted by Crippen LogP contribution is 2.31. The van der Waals surface area contributed by atoms with Crippen molar-refractivity contribution in [2.24, 2.45) is 0 Å². The van der Waals surface area contributed by atoms with E-state index in [1.165, 1.54) is 18.4 Å². The van der Waals surface area contributed by atoms with Crippen molar-refractivity contribution in [2.45, 2.75) is 38.6 Å². The maximum Gasteiger partial charge on any atom is 0.272 e. The molecule has 1 aliphatic rings. The third-order valence-corrected chi connectivity index (χ3v) is 5.94. The molecule has 4 rings (SSSR count). The Hall–Kier alpha value is -2.30. The van der Waals surface area contributed by atoms with Gasteiger partial charge in [0.05, 0.1) is 0 Å². The van der Waals surface area contributed by atoms with Gasteiger partial charge in [0.25, 0.3) is 5.91 Å². The number of likely N-dealkylation sites (tertiary alicyclic amines) is 1. The molecule has 0 saturated carbocycles. The van der Waals surface area contributed by atoms with Crippen molar-refractivity contribution in [2.75, 3.05) is 18.4 Å². The lowest BCUT2D eigenvalue weighted by Gasteiger charge is -2.34. The molecule has 146 valence electrons. The highest BCUT2D eigenvalue weighted by Gasteiger charge is 2.22. The van der Waals surface area contributed by atoms with E-state index in [-0.39, 0.29) is 5.91 Å². The number of carbonyl (C=O) groups is 1. The molecule has 1 amide bonds. The Morgan fingerprint density at radius 1 is 1.14 bits per heavy atom. The van der Waals surface area contributed by atoms with E-state index in [1.807, 2.05) is 18.2 Å². The van der Waals surface area contributed by atoms with Crippen LogP contribution in [0.2, 0.25) is 5.02 Å². The summed E-state index contributed by atoms with van der Waals surface area (Å²) in [6.45, 7) is 6.84. The van der Waals surface area contributed by atoms with Gasteiger partial charge in [-0.25, -0.2) is 0 Å². The number of rotatable bonds is 4. The van der Waals surface area contributed by atoms with Crippen molar-refractivity contribution >= 4 is 34.1 Å². The molecule has 28 heavy (non-hydrogen) atoms. The Morgan fingerprint density at radius 2 is 1.93 bits per heavy atom. The van der Waals surface area contributed by atoms with Gasteiger partial charge in [-0.15, -0.1) is 0 Å². The van der Waals surface area contributed by atoms with Gasteiger partial charge in [-0.05, 0) is 87.7 Å². The molecule has 5 heteroatoms. The molecule has 2 aromatic carbocycles. The number of fused-ring (bicyclic) bond motifs is 1. The van der Waals surface area contributed by atoms with E-state index < -0.39 is 0 Å². The minimum atomic E-state index is -0.162. The summed E-state index contributed by atoms with van der Waals surface area (Å²) in [5, 5.41) is 4.58. The number of aromatic nitrogens is 1. The molecule has 2 heterocycles. The van der Waals surface area contributed by atoms with Gasteiger partial charge in [0.2, 0.25) is 0 Å². The first-order valence-electron chi connectivity index (χ1n) is 9.93. The summed E-state index contributed by atoms with van der Waals surface area (Å²) in [5.41, 5.74) is 3.60. The second-order valence-electron chi connectivity index (χ2n) is 7.90. The lowest BCUT2D eigenvalue weighted by atomic mass is 9.88. The van der Waals surface area contributed by atoms with Gasteiger partial charge in [-0.1, -0.05) is 23.7 Å². The third-order valence-electron chi connectivity index (χ3n) is 5.70. The van der Waals surface area contributed by atoms with E-state index >= 15 is 0 Å². The number of benzene rings is 2. The van der Waals surface area contributed by atoms with E-state index in [0.29, 0.717) is 28.4 Å². The van der Waals surface area contributed by atoms with Crippen LogP contribution in [0.25, 0.3) is 10.9 Å². The van der Waals surface area contributed by atoms with Crippen molar-refractivity contribution in [1.82, 2.24) is 9.88 Å². The van der Waals surface area contributed by atoms with Crippen LogP contribution in [-0.4, -0.2) is 34.9 Å². The predicted molar refractivity (Wildman–Crippen MR) is 116 cm³/mol. The van der Waals surface area contributed by atoms with Crippen molar-refractivity contribution in [3.05, 3.63) is 64.8 Å². The first-order valence-corrected chi connectivity index (χ1v) is 10.3. The second kappa shape index (κ2) is 7.98. The molecule has 0 atom stereocenters. The van der Waals surface area contributed by atoms with Gasteiger partial charge in [-0.2, -0.15) is 0 Å². The number of carbonyl (C=O) groups excluding carboxylic acids is 1. The summed E-state index contributed by atoms with van der Waals surface area (Å²) in [4.78, 5) is 18.4. The molecule has 4 nitrogen and oxygen atoms in total. The fourth-order valence-corrected chi connectivity index (χ4v) is 4.23. The fourth-order valence-electron chi connectivity index (χ4n) is 4.04. The predicted octanol–water partition coefficient (Wildman–Crippen LogP) is 5.66. The molecule has 2 N–H and O–H groups in total. The van der Waals surface area contributed by atoms with Crippen molar-refractivity contribution < 1.29 is 4.79 Å². The number of hydrogen-bond acceptors (Lipinski definition) is 2. The van der Waals surface area contributed by atoms with Crippen LogP contribution in [0, 0.1) is 0 Å². The largest absolute Gasteiger partial charge is 0.351 e. The summed E-state index contributed by atoms with van der Waals surface area (Å²) in [7, 11) is 0. The molecule has 0 radical (unpaired) electrons. The number of aromatic amines is 1. The van der Waals surface area contributed by atoms with E-state index in [9.17, 15) is 4.79 Å². The average Bonchev–Trinajstić information content (AvgIpc) is 3.11. The fraction of sp³-hybridized carbons (Fsp3) is 0.348. The minimum Gasteiger partial charge on any atom is -0.351 e. The SMILES string of the molecule is CC(C)N1CCC(c2ccc3[nH]c(C(=O)Nc4cccc(Cl)c4)cc3c2)CC1. The van der Waals surface area contributed by atoms with Crippen LogP contribution in [-0.2, 0) is 0 Å². The van der Waals surface area contributed by atoms with E-state index in [0.717, 1.165) is 24.0 Å². The van der Waals surface area contributed by atoms with E-state index in [2.05, 4.69) is 47.2 Å². The van der Waals surface area contributed by atoms with Gasteiger partial charge >= 0.3 is 0 Å². The van der Waals surface area contributed by atoms with Crippen LogP contribution in [0.1, 0.15) is 48.7 Å². The maximum absolute atomic E-state index is 12.6. The number of anilines is 1. The number of piperidine rings is 1. The van der Waals surface area contributed by atoms with Crippen LogP contribution >= 0.6 is 11.6 Å². The monoisotopic (exact) mass is 395 g/mol. The molecule has 1 aromatic heterocycles. The number of H-pyrrole nitrogens is 1. The molecule has 1 fully saturated rings. The van der Waals surface area contributed by atoms with Crippen molar-refractivity contribution in [1.29, 1.82) is 0 Å². The Labute approximate surface area is 170 Å². The number of nitrogens with zero attached hydrogens (tertiary/aromatic N) is 1. The van der Waals surface area contributed by atoms with Crippen LogP contribution in [0.4, 0.5) is 5.69 Å². The van der Waals surface area contributed by atoms with Gasteiger partial charge < -0.3 is 15.2 Å². The zero-order valence-corrected chi connectivity index (χ0v) is 17.1. The minimum absolute atomic E-state index is 0.162. The second-order valence-corrected chi connectivity index (χ2v) is 8.33. The molecular formula is C23H26ClN3O. The third kappa shape index (κ3) is 4.08. The summed E-state index contributed by atoms with van der Waals surface area (Å²) >= 11 is 5.99. The van der Waals surface area contributed by atoms with Gasteiger partial charge in [-0.3, -0.25) is 4.79 Å². The number of halogens is 1. The lowest BCUT2D eigenvalue weighted by Crippen LogP contribution is -2.37. The maximum atomic E-state index is 12.6. The summed E-state index contributed by atoms with van der Waals surface area (Å²) in [6, 6.07) is 16.3. The standard InChI is InChI=1S/C23H26ClN3O/c1-15(2)27-10-8-16(9-11-27)17-6-7-21-18(12-17)13-22(26-21)23(28)25-20-5-3-4-19(24)14-20/h3-7,12-16,26H,8-11H2,1-2H3,(H,25,28). The zero-order chi connectivity index (χ0) is 19.7. The average molecular weight is 396 g/mol. The first-order chi connectivity index (χ1) is 13.5. The first kappa shape index (κ1) is 19.0. The van der Waals surface area contributed by atoms with Crippen LogP contribution in [0.15, 0.2) is 48.5 Å². The van der Waals surface area contributed by atoms with Gasteiger partial charge in [0, 0.05) is 27.7 Å². The normalized spacial score (nSPS) is 16.0. The van der Waals surface area contributed by atoms with E-state index in [4.69, 9.17) is 11.6 Å². The van der Waals surface area contributed by atoms with Crippen molar-refractivity contribution in [3.63, 3.8) is 0 Å². The van der Waals surface area contributed by atoms with Crippen LogP contribution in [0.5, 0.6) is 0 Å². The molecule has 1 aliphatic heterocycles. The smallest absolute Gasteiger partial charge is 0.272 e. The topological polar surface area (TPSA) is 48.1 Å².